The maximum Gasteiger partial charge on any atom is 0.416 e. The topological polar surface area (TPSA) is 50.2 Å². The summed E-state index contributed by atoms with van der Waals surface area (Å²) in [7, 11) is 3.86. The number of halogens is 3. The van der Waals surface area contributed by atoms with Crippen molar-refractivity contribution < 1.29 is 18.0 Å². The number of aryl methyl sites for hydroxylation is 1. The fourth-order valence-corrected chi connectivity index (χ4v) is 2.96. The lowest BCUT2D eigenvalue weighted by Crippen LogP contribution is -2.15. The summed E-state index contributed by atoms with van der Waals surface area (Å²) in [6, 6.07) is 10.5. The lowest BCUT2D eigenvalue weighted by Gasteiger charge is -2.15. The molecule has 5 nitrogen and oxygen atoms in total. The predicted molar refractivity (Wildman–Crippen MR) is 107 cm³/mol. The first-order valence-electron chi connectivity index (χ1n) is 8.89. The number of benzene rings is 2. The van der Waals surface area contributed by atoms with Crippen molar-refractivity contribution in [1.82, 2.24) is 9.78 Å². The van der Waals surface area contributed by atoms with Crippen LogP contribution in [-0.4, -0.2) is 29.8 Å². The first-order valence-corrected chi connectivity index (χ1v) is 8.89. The van der Waals surface area contributed by atoms with E-state index in [-0.39, 0.29) is 11.6 Å². The molecular weight excluding hydrogens is 381 g/mol. The van der Waals surface area contributed by atoms with Gasteiger partial charge in [-0.05, 0) is 55.8 Å². The number of amides is 1. The molecule has 1 heterocycles. The van der Waals surface area contributed by atoms with E-state index >= 15 is 0 Å². The summed E-state index contributed by atoms with van der Waals surface area (Å²) < 4.78 is 40.3. The second kappa shape index (κ2) is 7.62. The van der Waals surface area contributed by atoms with Crippen LogP contribution in [0.25, 0.3) is 5.69 Å². The number of anilines is 2. The Morgan fingerprint density at radius 1 is 1.10 bits per heavy atom. The fraction of sp³-hybridized carbons (Fsp3) is 0.238. The zero-order valence-electron chi connectivity index (χ0n) is 16.5. The van der Waals surface area contributed by atoms with E-state index in [1.165, 1.54) is 23.0 Å². The van der Waals surface area contributed by atoms with Crippen molar-refractivity contribution in [3.8, 4) is 5.69 Å². The molecule has 0 fully saturated rings. The minimum Gasteiger partial charge on any atom is -0.378 e. The van der Waals surface area contributed by atoms with Gasteiger partial charge in [0.2, 0.25) is 0 Å². The van der Waals surface area contributed by atoms with E-state index in [0.29, 0.717) is 16.9 Å². The van der Waals surface area contributed by atoms with Crippen LogP contribution in [0.3, 0.4) is 0 Å². The van der Waals surface area contributed by atoms with Crippen LogP contribution in [0.2, 0.25) is 0 Å². The van der Waals surface area contributed by atoms with Crippen LogP contribution in [-0.2, 0) is 6.18 Å². The molecule has 3 rings (SSSR count). The normalized spacial score (nSPS) is 11.4. The molecule has 0 saturated heterocycles. The average molecular weight is 402 g/mol. The summed E-state index contributed by atoms with van der Waals surface area (Å²) >= 11 is 0. The molecule has 0 radical (unpaired) electrons. The third kappa shape index (κ3) is 4.26. The third-order valence-electron chi connectivity index (χ3n) is 4.65. The van der Waals surface area contributed by atoms with Crippen LogP contribution in [0.15, 0.2) is 48.7 Å². The number of nitrogens with one attached hydrogen (secondary N) is 1. The van der Waals surface area contributed by atoms with Crippen molar-refractivity contribution in [3.63, 3.8) is 0 Å². The van der Waals surface area contributed by atoms with Crippen molar-refractivity contribution in [1.29, 1.82) is 0 Å². The van der Waals surface area contributed by atoms with E-state index in [9.17, 15) is 18.0 Å². The Kier molecular flexibility index (Phi) is 5.37. The minimum absolute atomic E-state index is 0.239. The molecule has 0 bridgehead atoms. The lowest BCUT2D eigenvalue weighted by atomic mass is 10.1. The quantitative estimate of drug-likeness (QED) is 0.680. The van der Waals surface area contributed by atoms with Gasteiger partial charge in [0.25, 0.3) is 5.91 Å². The highest BCUT2D eigenvalue weighted by atomic mass is 19.4. The highest BCUT2D eigenvalue weighted by Crippen LogP contribution is 2.30. The Balaban J connectivity index is 1.87. The van der Waals surface area contributed by atoms with Gasteiger partial charge in [0.05, 0.1) is 28.7 Å². The van der Waals surface area contributed by atoms with Crippen LogP contribution in [0.5, 0.6) is 0 Å². The smallest absolute Gasteiger partial charge is 0.378 e. The van der Waals surface area contributed by atoms with Crippen LogP contribution >= 0.6 is 0 Å². The van der Waals surface area contributed by atoms with Gasteiger partial charge in [0, 0.05) is 25.5 Å². The van der Waals surface area contributed by atoms with Crippen molar-refractivity contribution in [3.05, 3.63) is 71.0 Å². The van der Waals surface area contributed by atoms with Crippen molar-refractivity contribution in [2.45, 2.75) is 20.0 Å². The van der Waals surface area contributed by atoms with Crippen LogP contribution < -0.4 is 10.2 Å². The molecule has 0 atom stereocenters. The molecule has 29 heavy (non-hydrogen) atoms. The molecule has 0 aliphatic heterocycles. The van der Waals surface area contributed by atoms with Gasteiger partial charge in [-0.1, -0.05) is 6.07 Å². The number of carbonyl (C=O) groups is 1. The molecule has 8 heteroatoms. The van der Waals surface area contributed by atoms with Gasteiger partial charge >= 0.3 is 6.18 Å². The van der Waals surface area contributed by atoms with Crippen LogP contribution in [0, 0.1) is 13.8 Å². The lowest BCUT2D eigenvalue weighted by molar-refractivity contribution is -0.137. The number of alkyl halides is 3. The van der Waals surface area contributed by atoms with Gasteiger partial charge in [0.15, 0.2) is 0 Å². The van der Waals surface area contributed by atoms with Crippen molar-refractivity contribution >= 4 is 17.3 Å². The van der Waals surface area contributed by atoms with E-state index in [4.69, 9.17) is 0 Å². The molecule has 0 aliphatic rings. The zero-order valence-corrected chi connectivity index (χ0v) is 16.5. The number of hydrogen-bond donors (Lipinski definition) is 1. The van der Waals surface area contributed by atoms with E-state index in [1.807, 2.05) is 44.1 Å². The number of nitrogens with zero attached hydrogens (tertiary/aromatic N) is 3. The fourth-order valence-electron chi connectivity index (χ4n) is 2.96. The van der Waals surface area contributed by atoms with Gasteiger partial charge in [-0.15, -0.1) is 0 Å². The number of rotatable bonds is 4. The monoisotopic (exact) mass is 402 g/mol. The maximum atomic E-state index is 13.0. The molecule has 1 N–H and O–H groups in total. The Bertz CT molecular complexity index is 1050. The largest absolute Gasteiger partial charge is 0.416 e. The number of aromatic nitrogens is 2. The molecule has 2 aromatic carbocycles. The highest BCUT2D eigenvalue weighted by molar-refractivity contribution is 6.05. The Labute approximate surface area is 166 Å². The summed E-state index contributed by atoms with van der Waals surface area (Å²) in [6.07, 6.45) is -3.10. The molecule has 0 unspecified atom stereocenters. The molecular formula is C21H21F3N4O. The van der Waals surface area contributed by atoms with E-state index in [1.54, 1.807) is 6.92 Å². The maximum absolute atomic E-state index is 13.0. The summed E-state index contributed by atoms with van der Waals surface area (Å²) in [5.74, 6) is -0.374. The third-order valence-corrected chi connectivity index (χ3v) is 4.65. The molecule has 1 amide bonds. The molecule has 1 aromatic heterocycles. The van der Waals surface area contributed by atoms with Crippen molar-refractivity contribution in [2.75, 3.05) is 24.3 Å². The van der Waals surface area contributed by atoms with Crippen LogP contribution in [0.1, 0.15) is 27.2 Å². The summed E-state index contributed by atoms with van der Waals surface area (Å²) in [4.78, 5) is 14.7. The van der Waals surface area contributed by atoms with Gasteiger partial charge in [-0.3, -0.25) is 4.79 Å². The second-order valence-electron chi connectivity index (χ2n) is 6.95. The molecule has 152 valence electrons. The first-order chi connectivity index (χ1) is 13.6. The summed E-state index contributed by atoms with van der Waals surface area (Å²) in [5.41, 5.74) is 2.77. The summed E-state index contributed by atoms with van der Waals surface area (Å²) in [5, 5.41) is 6.96. The average Bonchev–Trinajstić information content (AvgIpc) is 3.04. The van der Waals surface area contributed by atoms with Crippen molar-refractivity contribution in [2.24, 2.45) is 0 Å². The van der Waals surface area contributed by atoms with Gasteiger partial charge in [-0.25, -0.2) is 4.68 Å². The summed E-state index contributed by atoms with van der Waals surface area (Å²) in [6.45, 7) is 3.53. The first kappa shape index (κ1) is 20.4. The minimum atomic E-state index is -4.45. The van der Waals surface area contributed by atoms with Gasteiger partial charge in [0.1, 0.15) is 0 Å². The number of hydrogen-bond acceptors (Lipinski definition) is 3. The van der Waals surface area contributed by atoms with Gasteiger partial charge in [-0.2, -0.15) is 18.3 Å². The van der Waals surface area contributed by atoms with E-state index in [0.717, 1.165) is 23.4 Å². The predicted octanol–water partition coefficient (Wildman–Crippen LogP) is 4.83. The van der Waals surface area contributed by atoms with Gasteiger partial charge < -0.3 is 10.2 Å². The SMILES string of the molecule is Cc1cc(N(C)C)ccc1NC(=O)c1cnn(-c2cccc(C(F)(F)F)c2)c1C. The van der Waals surface area contributed by atoms with E-state index < -0.39 is 11.7 Å². The molecule has 0 spiro atoms. The zero-order chi connectivity index (χ0) is 21.3. The molecule has 0 saturated carbocycles. The van der Waals surface area contributed by atoms with E-state index in [2.05, 4.69) is 10.4 Å². The standard InChI is InChI=1S/C21H21F3N4O/c1-13-10-16(27(3)4)8-9-19(13)26-20(29)18-12-25-28(14(18)2)17-7-5-6-15(11-17)21(22,23)24/h5-12H,1-4H3,(H,26,29). The van der Waals surface area contributed by atoms with Crippen LogP contribution in [0.4, 0.5) is 24.5 Å². The second-order valence-corrected chi connectivity index (χ2v) is 6.95. The molecule has 0 aliphatic carbocycles. The Hall–Kier alpha value is -3.29. The number of carbonyl (C=O) groups excluding carboxylic acids is 1. The Morgan fingerprint density at radius 3 is 2.45 bits per heavy atom. The highest BCUT2D eigenvalue weighted by Gasteiger charge is 2.30. The Morgan fingerprint density at radius 2 is 1.83 bits per heavy atom. The molecule has 3 aromatic rings.